The van der Waals surface area contributed by atoms with Crippen LogP contribution in [-0.4, -0.2) is 68.5 Å². The summed E-state index contributed by atoms with van der Waals surface area (Å²) in [6.45, 7) is 4.75. The van der Waals surface area contributed by atoms with Gasteiger partial charge in [-0.05, 0) is 12.8 Å². The van der Waals surface area contributed by atoms with Gasteiger partial charge in [-0.1, -0.05) is 219 Å². The minimum atomic E-state index is -4.56. The molecule has 1 unspecified atom stereocenters. The Balaban J connectivity index is 4.25. The lowest BCUT2D eigenvalue weighted by molar-refractivity contribution is -0.870. The lowest BCUT2D eigenvalue weighted by atomic mass is 10.0. The molecule has 0 spiro atoms. The number of nitrogens with zero attached hydrogens (tertiary/aromatic N) is 1. The highest BCUT2D eigenvalue weighted by atomic mass is 31.2. The number of nitrogens with one attached hydrogen (secondary N) is 1. The number of phosphoric acid groups is 1. The van der Waals surface area contributed by atoms with Gasteiger partial charge in [-0.2, -0.15) is 0 Å². The number of likely N-dealkylation sites (N-methyl/N-ethyl adjacent to an activating group) is 1. The van der Waals surface area contributed by atoms with E-state index in [1.165, 1.54) is 173 Å². The summed E-state index contributed by atoms with van der Waals surface area (Å²) >= 11 is 0. The fourth-order valence-electron chi connectivity index (χ4n) is 7.28. The zero-order valence-electron chi connectivity index (χ0n) is 37.4. The van der Waals surface area contributed by atoms with Crippen LogP contribution in [0.4, 0.5) is 0 Å². The van der Waals surface area contributed by atoms with E-state index in [-0.39, 0.29) is 19.1 Å². The number of carbonyl (C=O) groups is 1. The van der Waals surface area contributed by atoms with Crippen molar-refractivity contribution in [3.05, 3.63) is 0 Å². The van der Waals surface area contributed by atoms with Crippen LogP contribution in [0.15, 0.2) is 0 Å². The molecule has 0 rings (SSSR count). The van der Waals surface area contributed by atoms with Crippen molar-refractivity contribution in [3.63, 3.8) is 0 Å². The van der Waals surface area contributed by atoms with E-state index in [1.54, 1.807) is 0 Å². The maximum Gasteiger partial charge on any atom is 0.268 e. The van der Waals surface area contributed by atoms with Gasteiger partial charge in [0.2, 0.25) is 5.91 Å². The van der Waals surface area contributed by atoms with Gasteiger partial charge in [-0.25, -0.2) is 0 Å². The van der Waals surface area contributed by atoms with Crippen molar-refractivity contribution in [2.24, 2.45) is 0 Å². The number of hydrogen-bond acceptors (Lipinski definition) is 6. The van der Waals surface area contributed by atoms with Gasteiger partial charge in [0, 0.05) is 6.42 Å². The van der Waals surface area contributed by atoms with E-state index in [1.807, 2.05) is 21.1 Å². The largest absolute Gasteiger partial charge is 0.756 e. The molecule has 9 heteroatoms. The third kappa shape index (κ3) is 41.5. The smallest absolute Gasteiger partial charge is 0.268 e. The van der Waals surface area contributed by atoms with Gasteiger partial charge in [-0.15, -0.1) is 0 Å². The van der Waals surface area contributed by atoms with Crippen molar-refractivity contribution < 1.29 is 32.9 Å². The molecule has 3 atom stereocenters. The minimum absolute atomic E-state index is 0.0162. The van der Waals surface area contributed by atoms with E-state index >= 15 is 0 Å². The molecule has 330 valence electrons. The lowest BCUT2D eigenvalue weighted by Crippen LogP contribution is -2.46. The molecule has 8 nitrogen and oxygen atoms in total. The zero-order chi connectivity index (χ0) is 40.7. The summed E-state index contributed by atoms with van der Waals surface area (Å²) in [6, 6.07) is -0.793. The predicted molar refractivity (Wildman–Crippen MR) is 233 cm³/mol. The number of rotatable bonds is 44. The summed E-state index contributed by atoms with van der Waals surface area (Å²) in [5, 5.41) is 13.9. The summed E-state index contributed by atoms with van der Waals surface area (Å²) in [6.07, 6.45) is 42.4. The fraction of sp³-hybridized carbons (Fsp3) is 0.978. The van der Waals surface area contributed by atoms with Gasteiger partial charge >= 0.3 is 0 Å². The van der Waals surface area contributed by atoms with Gasteiger partial charge in [-0.3, -0.25) is 9.36 Å². The Kier molecular flexibility index (Phi) is 38.6. The average molecular weight is 803 g/mol. The molecule has 0 radical (unpaired) electrons. The van der Waals surface area contributed by atoms with Crippen molar-refractivity contribution in [1.82, 2.24) is 5.32 Å². The normalized spacial score (nSPS) is 14.2. The molecular weight excluding hydrogens is 707 g/mol. The number of hydrogen-bond donors (Lipinski definition) is 2. The quantitative estimate of drug-likeness (QED) is 0.0361. The second-order valence-corrected chi connectivity index (χ2v) is 19.2. The molecule has 0 aromatic heterocycles. The summed E-state index contributed by atoms with van der Waals surface area (Å²) < 4.78 is 23.3. The second-order valence-electron chi connectivity index (χ2n) is 17.8. The summed E-state index contributed by atoms with van der Waals surface area (Å²) in [7, 11) is 1.32. The van der Waals surface area contributed by atoms with Crippen LogP contribution in [0.1, 0.15) is 239 Å². The van der Waals surface area contributed by atoms with Crippen molar-refractivity contribution in [3.8, 4) is 0 Å². The third-order valence-electron chi connectivity index (χ3n) is 11.1. The molecule has 0 saturated heterocycles. The molecule has 0 aliphatic carbocycles. The van der Waals surface area contributed by atoms with E-state index in [0.29, 0.717) is 23.9 Å². The highest BCUT2D eigenvalue weighted by molar-refractivity contribution is 7.45. The SMILES string of the molecule is CCCCCCCCCCCCCCCCCCCCCC(=O)N[C@@H](COP(=O)([O-])OCC[N+](C)(C)C)[C@H](O)CCCCCCCCCCCCCCCC. The van der Waals surface area contributed by atoms with Crippen LogP contribution in [0.5, 0.6) is 0 Å². The van der Waals surface area contributed by atoms with Crippen LogP contribution in [0.2, 0.25) is 0 Å². The monoisotopic (exact) mass is 803 g/mol. The second kappa shape index (κ2) is 39.0. The Bertz CT molecular complexity index is 870. The topological polar surface area (TPSA) is 108 Å². The first kappa shape index (κ1) is 54.5. The van der Waals surface area contributed by atoms with Gasteiger partial charge in [0.1, 0.15) is 13.2 Å². The Labute approximate surface area is 342 Å². The molecule has 0 bridgehead atoms. The molecule has 0 aliphatic rings. The highest BCUT2D eigenvalue weighted by Crippen LogP contribution is 2.38. The maximum absolute atomic E-state index is 12.9. The van der Waals surface area contributed by atoms with E-state index < -0.39 is 20.0 Å². The van der Waals surface area contributed by atoms with Crippen LogP contribution >= 0.6 is 7.82 Å². The molecule has 0 aromatic rings. The van der Waals surface area contributed by atoms with Crippen LogP contribution in [0.3, 0.4) is 0 Å². The molecule has 1 amide bonds. The maximum atomic E-state index is 12.9. The summed E-state index contributed by atoms with van der Waals surface area (Å²) in [5.41, 5.74) is 0. The Morgan fingerprint density at radius 1 is 0.564 bits per heavy atom. The van der Waals surface area contributed by atoms with E-state index in [0.717, 1.165) is 38.5 Å². The van der Waals surface area contributed by atoms with Crippen LogP contribution in [-0.2, 0) is 18.4 Å². The van der Waals surface area contributed by atoms with Crippen LogP contribution in [0.25, 0.3) is 0 Å². The third-order valence-corrected chi connectivity index (χ3v) is 12.1. The minimum Gasteiger partial charge on any atom is -0.756 e. The Morgan fingerprint density at radius 3 is 1.24 bits per heavy atom. The van der Waals surface area contributed by atoms with Crippen LogP contribution in [0, 0.1) is 0 Å². The van der Waals surface area contributed by atoms with Gasteiger partial charge < -0.3 is 28.8 Å². The van der Waals surface area contributed by atoms with Crippen molar-refractivity contribution in [2.45, 2.75) is 251 Å². The van der Waals surface area contributed by atoms with Crippen molar-refractivity contribution in [1.29, 1.82) is 0 Å². The predicted octanol–water partition coefficient (Wildman–Crippen LogP) is 12.7. The number of amides is 1. The van der Waals surface area contributed by atoms with Gasteiger partial charge in [0.25, 0.3) is 7.82 Å². The number of phosphoric ester groups is 1. The van der Waals surface area contributed by atoms with Gasteiger partial charge in [0.15, 0.2) is 0 Å². The number of unbranched alkanes of at least 4 members (excludes halogenated alkanes) is 31. The summed E-state index contributed by atoms with van der Waals surface area (Å²) in [5.74, 6) is -0.160. The molecule has 0 fully saturated rings. The first-order chi connectivity index (χ1) is 26.5. The summed E-state index contributed by atoms with van der Waals surface area (Å²) in [4.78, 5) is 25.4. The standard InChI is InChI=1S/C46H95N2O6P/c1-6-8-10-12-14-16-18-20-22-23-24-25-26-28-30-32-34-36-38-40-46(50)47-44(43-54-55(51,52)53-42-41-48(3,4)5)45(49)39-37-35-33-31-29-27-21-19-17-15-13-11-9-7-2/h44-45,49H,6-43H2,1-5H3,(H-,47,50,51,52)/t44-,45+/m0/s1. The number of quaternary nitrogens is 1. The van der Waals surface area contributed by atoms with E-state index in [9.17, 15) is 19.4 Å². The first-order valence-electron chi connectivity index (χ1n) is 23.9. The molecule has 0 heterocycles. The molecule has 0 aliphatic heterocycles. The van der Waals surface area contributed by atoms with Crippen LogP contribution < -0.4 is 10.2 Å². The first-order valence-corrected chi connectivity index (χ1v) is 25.3. The molecule has 0 saturated carbocycles. The number of aliphatic hydroxyl groups excluding tert-OH is 1. The zero-order valence-corrected chi connectivity index (χ0v) is 38.3. The Hall–Kier alpha value is -0.500. The molecule has 2 N–H and O–H groups in total. The fourth-order valence-corrected chi connectivity index (χ4v) is 8.00. The Morgan fingerprint density at radius 2 is 0.891 bits per heavy atom. The lowest BCUT2D eigenvalue weighted by Gasteiger charge is -2.30. The van der Waals surface area contributed by atoms with Gasteiger partial charge in [0.05, 0.1) is 39.9 Å². The highest BCUT2D eigenvalue weighted by Gasteiger charge is 2.24. The molecule has 55 heavy (non-hydrogen) atoms. The number of carbonyl (C=O) groups excluding carboxylic acids is 1. The van der Waals surface area contributed by atoms with E-state index in [2.05, 4.69) is 19.2 Å². The van der Waals surface area contributed by atoms with Crippen molar-refractivity contribution >= 4 is 13.7 Å². The van der Waals surface area contributed by atoms with Crippen molar-refractivity contribution in [2.75, 3.05) is 40.9 Å². The number of aliphatic hydroxyl groups is 1. The molecular formula is C46H95N2O6P. The van der Waals surface area contributed by atoms with E-state index in [4.69, 9.17) is 9.05 Å². The molecule has 0 aromatic carbocycles. The average Bonchev–Trinajstić information content (AvgIpc) is 3.13.